The molecule has 0 spiro atoms. The first-order valence-electron chi connectivity index (χ1n) is 3.38. The van der Waals surface area contributed by atoms with Gasteiger partial charge in [0.05, 0.1) is 13.2 Å². The number of aliphatic hydroxyl groups excluding tert-OH is 1. The zero-order valence-electron chi connectivity index (χ0n) is 6.29. The molecule has 1 heterocycles. The van der Waals surface area contributed by atoms with Gasteiger partial charge >= 0.3 is 0 Å². The van der Waals surface area contributed by atoms with E-state index < -0.39 is 18.2 Å². The van der Waals surface area contributed by atoms with E-state index in [0.717, 1.165) is 0 Å². The number of aliphatic hydroxyl groups is 1. The minimum Gasteiger partial charge on any atom is -0.391 e. The average molecular weight is 165 g/mol. The summed E-state index contributed by atoms with van der Waals surface area (Å²) in [4.78, 5) is 0. The Balaban J connectivity index is 2.48. The number of ether oxygens (including phenoxy) is 2. The number of hydrogen-bond donors (Lipinski definition) is 2. The summed E-state index contributed by atoms with van der Waals surface area (Å²) in [5.74, 6) is 0. The number of hydrogen-bond acceptors (Lipinski definition) is 4. The molecule has 11 heavy (non-hydrogen) atoms. The second-order valence-electron chi connectivity index (χ2n) is 2.76. The number of halogens is 1. The molecule has 3 atom stereocenters. The Labute approximate surface area is 64.1 Å². The van der Waals surface area contributed by atoms with Gasteiger partial charge in [0.25, 0.3) is 0 Å². The number of rotatable bonds is 1. The molecule has 0 amide bonds. The van der Waals surface area contributed by atoms with Gasteiger partial charge in [-0.2, -0.15) is 0 Å². The second kappa shape index (κ2) is 3.02. The van der Waals surface area contributed by atoms with E-state index in [4.69, 9.17) is 20.3 Å². The first-order chi connectivity index (χ1) is 5.06. The van der Waals surface area contributed by atoms with Crippen molar-refractivity contribution in [3.63, 3.8) is 0 Å². The summed E-state index contributed by atoms with van der Waals surface area (Å²) in [6.45, 7) is 0.856. The van der Waals surface area contributed by atoms with Crippen molar-refractivity contribution in [2.45, 2.75) is 25.1 Å². The number of alkyl halides is 1. The highest BCUT2D eigenvalue weighted by atomic mass is 19.1. The third kappa shape index (κ3) is 1.87. The van der Waals surface area contributed by atoms with Gasteiger partial charge in [-0.05, 0) is 6.92 Å². The van der Waals surface area contributed by atoms with E-state index in [1.807, 2.05) is 0 Å². The Bertz CT molecular complexity index is 142. The van der Waals surface area contributed by atoms with Crippen LogP contribution in [0, 0.1) is 0 Å². The van der Waals surface area contributed by atoms with Gasteiger partial charge in [-0.15, -0.1) is 0 Å². The molecule has 0 bridgehead atoms. The minimum atomic E-state index is -1.66. The lowest BCUT2D eigenvalue weighted by molar-refractivity contribution is -0.273. The third-order valence-corrected chi connectivity index (χ3v) is 1.59. The van der Waals surface area contributed by atoms with Crippen LogP contribution in [0.5, 0.6) is 0 Å². The molecule has 1 aliphatic rings. The van der Waals surface area contributed by atoms with Gasteiger partial charge in [-0.25, -0.2) is 4.39 Å². The number of nitrogens with two attached hydrogens (primary N) is 1. The second-order valence-corrected chi connectivity index (χ2v) is 2.76. The molecule has 4 nitrogen and oxygen atoms in total. The lowest BCUT2D eigenvalue weighted by Gasteiger charge is -2.35. The maximum Gasteiger partial charge on any atom is 0.182 e. The molecule has 0 aromatic heterocycles. The minimum absolute atomic E-state index is 0.139. The van der Waals surface area contributed by atoms with Gasteiger partial charge < -0.3 is 20.3 Å². The fraction of sp³-hybridized carbons (Fsp3) is 1.00. The summed E-state index contributed by atoms with van der Waals surface area (Å²) in [6, 6.07) is 0. The molecule has 66 valence electrons. The monoisotopic (exact) mass is 165 g/mol. The summed E-state index contributed by atoms with van der Waals surface area (Å²) in [7, 11) is 0. The molecular formula is C6H12FNO3. The Morgan fingerprint density at radius 2 is 2.45 bits per heavy atom. The standard InChI is InChI=1S/C6H12FNO3/c1-6(7)3-10-4(2-9)11-5(6)8/h4-5,9H,2-3,8H2,1H3/t4-,5-,6?/m1/s1. The van der Waals surface area contributed by atoms with Crippen LogP contribution >= 0.6 is 0 Å². The zero-order chi connectivity index (χ0) is 8.48. The van der Waals surface area contributed by atoms with Crippen molar-refractivity contribution in [1.82, 2.24) is 0 Å². The highest BCUT2D eigenvalue weighted by Gasteiger charge is 2.39. The van der Waals surface area contributed by atoms with E-state index in [2.05, 4.69) is 0 Å². The molecule has 0 aliphatic carbocycles. The molecule has 1 rings (SSSR count). The van der Waals surface area contributed by atoms with Gasteiger partial charge in [-0.1, -0.05) is 0 Å². The van der Waals surface area contributed by atoms with E-state index in [-0.39, 0.29) is 13.2 Å². The molecule has 1 aliphatic heterocycles. The van der Waals surface area contributed by atoms with E-state index in [1.54, 1.807) is 0 Å². The van der Waals surface area contributed by atoms with Crippen molar-refractivity contribution in [2.24, 2.45) is 5.73 Å². The summed E-state index contributed by atoms with van der Waals surface area (Å²) >= 11 is 0. The van der Waals surface area contributed by atoms with Gasteiger partial charge in [-0.3, -0.25) is 0 Å². The maximum atomic E-state index is 13.1. The molecule has 1 unspecified atom stereocenters. The predicted octanol–water partition coefficient (Wildman–Crippen LogP) is -0.635. The van der Waals surface area contributed by atoms with Crippen LogP contribution in [0.15, 0.2) is 0 Å². The van der Waals surface area contributed by atoms with Crippen LogP contribution in [0.4, 0.5) is 4.39 Å². The fourth-order valence-electron chi connectivity index (χ4n) is 0.778. The Morgan fingerprint density at radius 1 is 1.82 bits per heavy atom. The molecule has 1 fully saturated rings. The first kappa shape index (κ1) is 8.86. The van der Waals surface area contributed by atoms with Crippen LogP contribution in [0.25, 0.3) is 0 Å². The van der Waals surface area contributed by atoms with Crippen LogP contribution in [0.3, 0.4) is 0 Å². The quantitative estimate of drug-likeness (QED) is 0.542. The largest absolute Gasteiger partial charge is 0.391 e. The molecule has 3 N–H and O–H groups in total. The van der Waals surface area contributed by atoms with Gasteiger partial charge in [0, 0.05) is 0 Å². The topological polar surface area (TPSA) is 64.7 Å². The smallest absolute Gasteiger partial charge is 0.182 e. The van der Waals surface area contributed by atoms with Crippen LogP contribution in [0.2, 0.25) is 0 Å². The van der Waals surface area contributed by atoms with Gasteiger partial charge in [0.15, 0.2) is 12.0 Å². The van der Waals surface area contributed by atoms with E-state index in [9.17, 15) is 4.39 Å². The third-order valence-electron chi connectivity index (χ3n) is 1.59. The van der Waals surface area contributed by atoms with Crippen LogP contribution < -0.4 is 5.73 Å². The molecule has 0 aromatic rings. The maximum absolute atomic E-state index is 13.1. The van der Waals surface area contributed by atoms with Crippen LogP contribution in [0.1, 0.15) is 6.92 Å². The molecule has 0 aromatic carbocycles. The van der Waals surface area contributed by atoms with Crippen molar-refractivity contribution >= 4 is 0 Å². The van der Waals surface area contributed by atoms with Gasteiger partial charge in [0.1, 0.15) is 6.23 Å². The average Bonchev–Trinajstić information content (AvgIpc) is 1.95. The summed E-state index contributed by atoms with van der Waals surface area (Å²) in [5, 5.41) is 8.55. The lowest BCUT2D eigenvalue weighted by Crippen LogP contribution is -2.55. The SMILES string of the molecule is CC1(F)CO[C@@H](CO)O[C@H]1N. The molecule has 0 saturated carbocycles. The van der Waals surface area contributed by atoms with E-state index in [0.29, 0.717) is 0 Å². The fourth-order valence-corrected chi connectivity index (χ4v) is 0.778. The Kier molecular flexibility index (Phi) is 2.43. The molecule has 0 radical (unpaired) electrons. The van der Waals surface area contributed by atoms with Crippen LogP contribution in [-0.2, 0) is 9.47 Å². The zero-order valence-corrected chi connectivity index (χ0v) is 6.29. The highest BCUT2D eigenvalue weighted by molar-refractivity contribution is 4.82. The predicted molar refractivity (Wildman–Crippen MR) is 35.4 cm³/mol. The highest BCUT2D eigenvalue weighted by Crippen LogP contribution is 2.22. The Hall–Kier alpha value is -0.230. The normalized spacial score (nSPS) is 45.8. The molecule has 1 saturated heterocycles. The van der Waals surface area contributed by atoms with Crippen molar-refractivity contribution in [2.75, 3.05) is 13.2 Å². The summed E-state index contributed by atoms with van der Waals surface area (Å²) in [6.07, 6.45) is -1.80. The van der Waals surface area contributed by atoms with E-state index in [1.165, 1.54) is 6.92 Å². The first-order valence-corrected chi connectivity index (χ1v) is 3.38. The molecular weight excluding hydrogens is 153 g/mol. The van der Waals surface area contributed by atoms with Crippen molar-refractivity contribution in [3.8, 4) is 0 Å². The summed E-state index contributed by atoms with van der Waals surface area (Å²) in [5.41, 5.74) is 3.63. The molecule has 5 heteroatoms. The van der Waals surface area contributed by atoms with Crippen LogP contribution in [-0.4, -0.2) is 36.5 Å². The van der Waals surface area contributed by atoms with Gasteiger partial charge in [0.2, 0.25) is 0 Å². The Morgan fingerprint density at radius 3 is 2.91 bits per heavy atom. The van der Waals surface area contributed by atoms with Crippen molar-refractivity contribution in [3.05, 3.63) is 0 Å². The van der Waals surface area contributed by atoms with Crippen molar-refractivity contribution in [1.29, 1.82) is 0 Å². The van der Waals surface area contributed by atoms with E-state index >= 15 is 0 Å². The lowest BCUT2D eigenvalue weighted by atomic mass is 10.1. The summed E-state index contributed by atoms with van der Waals surface area (Å²) < 4.78 is 22.7. The van der Waals surface area contributed by atoms with Crippen molar-refractivity contribution < 1.29 is 19.0 Å².